The fourth-order valence-electron chi connectivity index (χ4n) is 3.57. The normalized spacial score (nSPS) is 23.3. The van der Waals surface area contributed by atoms with E-state index in [1.165, 1.54) is 0 Å². The van der Waals surface area contributed by atoms with Crippen LogP contribution in [0.15, 0.2) is 24.3 Å². The highest BCUT2D eigenvalue weighted by atomic mass is 16.5. The van der Waals surface area contributed by atoms with E-state index in [-0.39, 0.29) is 30.4 Å². The van der Waals surface area contributed by atoms with Crippen molar-refractivity contribution >= 4 is 11.8 Å². The van der Waals surface area contributed by atoms with E-state index in [0.29, 0.717) is 24.3 Å². The number of carbonyl (C=O) groups excluding carboxylic acids is 2. The molecule has 1 aromatic carbocycles. The van der Waals surface area contributed by atoms with E-state index < -0.39 is 0 Å². The van der Waals surface area contributed by atoms with Crippen molar-refractivity contribution in [2.75, 3.05) is 13.2 Å². The van der Waals surface area contributed by atoms with E-state index in [2.05, 4.69) is 10.6 Å². The fraction of sp³-hybridized carbons (Fsp3) is 0.600. The van der Waals surface area contributed by atoms with Crippen molar-refractivity contribution in [2.45, 2.75) is 51.1 Å². The third-order valence-corrected chi connectivity index (χ3v) is 5.35. The Balaban J connectivity index is 1.47. The Kier molecular flexibility index (Phi) is 6.14. The molecule has 2 saturated carbocycles. The third-order valence-electron chi connectivity index (χ3n) is 5.35. The highest BCUT2D eigenvalue weighted by molar-refractivity contribution is 5.79. The molecule has 2 amide bonds. The molecule has 2 aliphatic rings. The maximum absolute atomic E-state index is 12.5. The highest BCUT2D eigenvalue weighted by Crippen LogP contribution is 2.31. The van der Waals surface area contributed by atoms with Gasteiger partial charge in [-0.15, -0.1) is 0 Å². The minimum atomic E-state index is -0.0803. The lowest BCUT2D eigenvalue weighted by atomic mass is 9.94. The number of carbonyl (C=O) groups is 2. The van der Waals surface area contributed by atoms with Gasteiger partial charge in [-0.2, -0.15) is 0 Å². The Morgan fingerprint density at radius 2 is 1.92 bits per heavy atom. The molecule has 0 bridgehead atoms. The van der Waals surface area contributed by atoms with Gasteiger partial charge in [0.1, 0.15) is 5.75 Å². The van der Waals surface area contributed by atoms with E-state index in [9.17, 15) is 9.59 Å². The number of amides is 2. The number of hydrogen-bond donors (Lipinski definition) is 3. The van der Waals surface area contributed by atoms with Crippen LogP contribution in [0.4, 0.5) is 0 Å². The summed E-state index contributed by atoms with van der Waals surface area (Å²) in [4.78, 5) is 24.1. The first kappa shape index (κ1) is 18.7. The minimum absolute atomic E-state index is 0.0320. The van der Waals surface area contributed by atoms with E-state index in [1.54, 1.807) is 0 Å². The monoisotopic (exact) mass is 359 g/mol. The van der Waals surface area contributed by atoms with Crippen LogP contribution < -0.4 is 21.1 Å². The average Bonchev–Trinajstić information content (AvgIpc) is 3.32. The summed E-state index contributed by atoms with van der Waals surface area (Å²) in [7, 11) is 0. The second-order valence-electron chi connectivity index (χ2n) is 7.46. The van der Waals surface area contributed by atoms with E-state index >= 15 is 0 Å². The van der Waals surface area contributed by atoms with Gasteiger partial charge < -0.3 is 21.1 Å². The van der Waals surface area contributed by atoms with Crippen molar-refractivity contribution in [1.82, 2.24) is 10.6 Å². The lowest BCUT2D eigenvalue weighted by molar-refractivity contribution is -0.126. The van der Waals surface area contributed by atoms with Crippen LogP contribution in [0, 0.1) is 11.8 Å². The van der Waals surface area contributed by atoms with Crippen LogP contribution in [-0.4, -0.2) is 31.0 Å². The molecule has 0 saturated heterocycles. The van der Waals surface area contributed by atoms with Gasteiger partial charge in [-0.25, -0.2) is 0 Å². The van der Waals surface area contributed by atoms with Crippen molar-refractivity contribution < 1.29 is 14.3 Å². The number of ether oxygens (including phenoxy) is 1. The third kappa shape index (κ3) is 4.97. The molecule has 6 heteroatoms. The molecule has 2 fully saturated rings. The highest BCUT2D eigenvalue weighted by Gasteiger charge is 2.32. The van der Waals surface area contributed by atoms with Gasteiger partial charge in [-0.1, -0.05) is 18.6 Å². The van der Waals surface area contributed by atoms with Gasteiger partial charge in [-0.3, -0.25) is 9.59 Å². The molecule has 2 aliphatic carbocycles. The van der Waals surface area contributed by atoms with Gasteiger partial charge in [0.05, 0.1) is 6.04 Å². The predicted molar refractivity (Wildman–Crippen MR) is 99.5 cm³/mol. The van der Waals surface area contributed by atoms with Crippen LogP contribution >= 0.6 is 0 Å². The maximum Gasteiger partial charge on any atom is 0.258 e. The minimum Gasteiger partial charge on any atom is -0.484 e. The van der Waals surface area contributed by atoms with Crippen LogP contribution in [-0.2, 0) is 9.59 Å². The summed E-state index contributed by atoms with van der Waals surface area (Å²) >= 11 is 0. The zero-order valence-electron chi connectivity index (χ0n) is 15.4. The first-order chi connectivity index (χ1) is 12.6. The number of nitrogens with one attached hydrogen (secondary N) is 2. The quantitative estimate of drug-likeness (QED) is 0.661. The number of nitrogens with two attached hydrogens (primary N) is 1. The van der Waals surface area contributed by atoms with Crippen molar-refractivity contribution in [2.24, 2.45) is 17.6 Å². The number of rotatable bonds is 8. The van der Waals surface area contributed by atoms with Crippen molar-refractivity contribution in [3.05, 3.63) is 29.8 Å². The molecule has 0 aliphatic heterocycles. The summed E-state index contributed by atoms with van der Waals surface area (Å²) in [6, 6.07) is 7.79. The molecule has 142 valence electrons. The maximum atomic E-state index is 12.5. The molecule has 1 aromatic rings. The molecule has 0 radical (unpaired) electrons. The van der Waals surface area contributed by atoms with Gasteiger partial charge in [0.15, 0.2) is 6.61 Å². The van der Waals surface area contributed by atoms with Gasteiger partial charge in [0.2, 0.25) is 5.91 Å². The van der Waals surface area contributed by atoms with E-state index in [0.717, 1.165) is 37.7 Å². The molecule has 4 N–H and O–H groups in total. The Morgan fingerprint density at radius 3 is 2.58 bits per heavy atom. The van der Waals surface area contributed by atoms with Crippen LogP contribution in [0.5, 0.6) is 5.75 Å². The second kappa shape index (κ2) is 8.54. The standard InChI is InChI=1S/C20H29N3O3/c1-13(22-20(25)18-4-2-3-15(18)11-21)14-5-9-17(10-6-14)26-12-19(24)23-16-7-8-16/h5-6,9-10,13,15-16,18H,2-4,7-8,11-12,21H2,1H3,(H,22,25)(H,23,24)/t13?,15-,18-/m1/s1. The summed E-state index contributed by atoms with van der Waals surface area (Å²) < 4.78 is 5.51. The van der Waals surface area contributed by atoms with Gasteiger partial charge in [0, 0.05) is 12.0 Å². The van der Waals surface area contributed by atoms with Crippen LogP contribution in [0.3, 0.4) is 0 Å². The SMILES string of the molecule is CC(NC(=O)[C@@H]1CCC[C@@H]1CN)c1ccc(OCC(=O)NC2CC2)cc1. The van der Waals surface area contributed by atoms with Crippen LogP contribution in [0.2, 0.25) is 0 Å². The summed E-state index contributed by atoms with van der Waals surface area (Å²) in [5, 5.41) is 5.99. The van der Waals surface area contributed by atoms with Crippen molar-refractivity contribution in [3.8, 4) is 5.75 Å². The molecule has 0 spiro atoms. The molecular weight excluding hydrogens is 330 g/mol. The Morgan fingerprint density at radius 1 is 1.19 bits per heavy atom. The van der Waals surface area contributed by atoms with Crippen LogP contribution in [0.1, 0.15) is 50.6 Å². The summed E-state index contributed by atoms with van der Waals surface area (Å²) in [6.07, 6.45) is 5.18. The zero-order valence-corrected chi connectivity index (χ0v) is 15.4. The second-order valence-corrected chi connectivity index (χ2v) is 7.46. The first-order valence-corrected chi connectivity index (χ1v) is 9.59. The average molecular weight is 359 g/mol. The molecule has 6 nitrogen and oxygen atoms in total. The van der Waals surface area contributed by atoms with E-state index in [4.69, 9.17) is 10.5 Å². The Hall–Kier alpha value is -2.08. The molecule has 0 aromatic heterocycles. The van der Waals surface area contributed by atoms with Gasteiger partial charge >= 0.3 is 0 Å². The Labute approximate surface area is 154 Å². The summed E-state index contributed by atoms with van der Waals surface area (Å²) in [5.41, 5.74) is 6.79. The van der Waals surface area contributed by atoms with Gasteiger partial charge in [-0.05, 0) is 62.8 Å². The van der Waals surface area contributed by atoms with E-state index in [1.807, 2.05) is 31.2 Å². The molecule has 1 unspecified atom stereocenters. The largest absolute Gasteiger partial charge is 0.484 e. The Bertz CT molecular complexity index is 628. The molecular formula is C20H29N3O3. The smallest absolute Gasteiger partial charge is 0.258 e. The lowest BCUT2D eigenvalue weighted by Gasteiger charge is -2.21. The molecule has 3 rings (SSSR count). The summed E-state index contributed by atoms with van der Waals surface area (Å²) in [5.74, 6) is 1.01. The molecule has 26 heavy (non-hydrogen) atoms. The zero-order chi connectivity index (χ0) is 18.5. The van der Waals surface area contributed by atoms with Crippen molar-refractivity contribution in [3.63, 3.8) is 0 Å². The molecule has 0 heterocycles. The number of hydrogen-bond acceptors (Lipinski definition) is 4. The lowest BCUT2D eigenvalue weighted by Crippen LogP contribution is -2.36. The molecule has 3 atom stereocenters. The number of benzene rings is 1. The van der Waals surface area contributed by atoms with Crippen LogP contribution in [0.25, 0.3) is 0 Å². The van der Waals surface area contributed by atoms with Gasteiger partial charge in [0.25, 0.3) is 5.91 Å². The predicted octanol–water partition coefficient (Wildman–Crippen LogP) is 1.90. The fourth-order valence-corrected chi connectivity index (χ4v) is 3.57. The first-order valence-electron chi connectivity index (χ1n) is 9.59. The summed E-state index contributed by atoms with van der Waals surface area (Å²) in [6.45, 7) is 2.58. The topological polar surface area (TPSA) is 93.5 Å². The van der Waals surface area contributed by atoms with Crippen molar-refractivity contribution in [1.29, 1.82) is 0 Å².